The van der Waals surface area contributed by atoms with Crippen LogP contribution in [-0.2, 0) is 14.6 Å². The summed E-state index contributed by atoms with van der Waals surface area (Å²) in [7, 11) is -3.21. The van der Waals surface area contributed by atoms with Gasteiger partial charge >= 0.3 is 0 Å². The summed E-state index contributed by atoms with van der Waals surface area (Å²) in [5.74, 6) is -0.325. The molecule has 0 fully saturated rings. The number of amides is 1. The zero-order valence-electron chi connectivity index (χ0n) is 12.2. The van der Waals surface area contributed by atoms with Crippen molar-refractivity contribution in [2.45, 2.75) is 26.7 Å². The van der Waals surface area contributed by atoms with E-state index in [4.69, 9.17) is 17.3 Å². The zero-order valence-corrected chi connectivity index (χ0v) is 13.8. The van der Waals surface area contributed by atoms with Crippen molar-refractivity contribution in [1.82, 2.24) is 0 Å². The summed E-state index contributed by atoms with van der Waals surface area (Å²) < 4.78 is 23.7. The van der Waals surface area contributed by atoms with Crippen LogP contribution in [0.1, 0.15) is 26.7 Å². The Balaban J connectivity index is 2.54. The highest BCUT2D eigenvalue weighted by Crippen LogP contribution is 2.24. The quantitative estimate of drug-likeness (QED) is 0.751. The first-order valence-electron chi connectivity index (χ1n) is 6.79. The number of nitrogen functional groups attached to an aromatic ring is 1. The second-order valence-electron chi connectivity index (χ2n) is 5.17. The number of carbonyl (C=O) groups excluding carboxylic acids is 1. The maximum absolute atomic E-state index is 11.8. The van der Waals surface area contributed by atoms with Gasteiger partial charge in [-0.25, -0.2) is 8.42 Å². The van der Waals surface area contributed by atoms with E-state index in [1.165, 1.54) is 6.07 Å². The van der Waals surface area contributed by atoms with Crippen molar-refractivity contribution in [2.75, 3.05) is 22.6 Å². The molecule has 0 saturated heterocycles. The Kier molecular flexibility index (Phi) is 6.48. The van der Waals surface area contributed by atoms with Crippen LogP contribution in [0.4, 0.5) is 11.4 Å². The van der Waals surface area contributed by atoms with E-state index in [0.29, 0.717) is 16.4 Å². The fourth-order valence-electron chi connectivity index (χ4n) is 1.73. The fourth-order valence-corrected chi connectivity index (χ4v) is 3.73. The molecule has 0 bridgehead atoms. The van der Waals surface area contributed by atoms with Crippen LogP contribution < -0.4 is 11.1 Å². The summed E-state index contributed by atoms with van der Waals surface area (Å²) >= 11 is 5.94. The highest BCUT2D eigenvalue weighted by atomic mass is 35.5. The van der Waals surface area contributed by atoms with Gasteiger partial charge in [-0.2, -0.15) is 0 Å². The highest BCUT2D eigenvalue weighted by molar-refractivity contribution is 7.91. The number of anilines is 2. The molecule has 0 heterocycles. The first-order chi connectivity index (χ1) is 9.73. The molecule has 0 aliphatic carbocycles. The lowest BCUT2D eigenvalue weighted by Gasteiger charge is -2.10. The van der Waals surface area contributed by atoms with Gasteiger partial charge in [-0.05, 0) is 24.1 Å². The number of hydrogen-bond donors (Lipinski definition) is 2. The molecule has 0 aliphatic heterocycles. The largest absolute Gasteiger partial charge is 0.399 e. The van der Waals surface area contributed by atoms with E-state index in [2.05, 4.69) is 5.32 Å². The van der Waals surface area contributed by atoms with Crippen LogP contribution in [0, 0.1) is 5.92 Å². The van der Waals surface area contributed by atoms with Gasteiger partial charge in [0.15, 0.2) is 9.84 Å². The predicted octanol–water partition coefficient (Wildman–Crippen LogP) is 2.71. The first kappa shape index (κ1) is 17.8. The minimum atomic E-state index is -3.21. The van der Waals surface area contributed by atoms with Gasteiger partial charge in [-0.3, -0.25) is 4.79 Å². The van der Waals surface area contributed by atoms with Gasteiger partial charge in [-0.1, -0.05) is 31.9 Å². The average Bonchev–Trinajstić information content (AvgIpc) is 2.39. The van der Waals surface area contributed by atoms with Crippen LogP contribution in [0.25, 0.3) is 0 Å². The van der Waals surface area contributed by atoms with Gasteiger partial charge in [0.25, 0.3) is 0 Å². The third kappa shape index (κ3) is 6.35. The van der Waals surface area contributed by atoms with Crippen molar-refractivity contribution in [1.29, 1.82) is 0 Å². The molecule has 0 aliphatic rings. The van der Waals surface area contributed by atoms with Crippen molar-refractivity contribution in [3.63, 3.8) is 0 Å². The lowest BCUT2D eigenvalue weighted by Crippen LogP contribution is -2.21. The number of nitrogens with one attached hydrogen (secondary N) is 1. The molecule has 0 aromatic heterocycles. The van der Waals surface area contributed by atoms with Crippen LogP contribution in [-0.4, -0.2) is 25.8 Å². The number of nitrogens with two attached hydrogens (primary N) is 1. The van der Waals surface area contributed by atoms with E-state index in [0.717, 1.165) is 6.42 Å². The van der Waals surface area contributed by atoms with Gasteiger partial charge < -0.3 is 11.1 Å². The summed E-state index contributed by atoms with van der Waals surface area (Å²) in [4.78, 5) is 11.8. The topological polar surface area (TPSA) is 89.3 Å². The summed E-state index contributed by atoms with van der Waals surface area (Å²) in [5, 5.41) is 2.91. The van der Waals surface area contributed by atoms with Crippen LogP contribution in [0.15, 0.2) is 18.2 Å². The first-order valence-corrected chi connectivity index (χ1v) is 8.98. The Morgan fingerprint density at radius 2 is 2.10 bits per heavy atom. The number of sulfone groups is 1. The van der Waals surface area contributed by atoms with E-state index in [-0.39, 0.29) is 29.8 Å². The summed E-state index contributed by atoms with van der Waals surface area (Å²) in [6.45, 7) is 3.82. The number of hydrogen-bond acceptors (Lipinski definition) is 4. The van der Waals surface area contributed by atoms with Crippen LogP contribution in [0.2, 0.25) is 5.02 Å². The van der Waals surface area contributed by atoms with E-state index in [1.807, 2.05) is 13.8 Å². The molecule has 0 radical (unpaired) electrons. The normalized spacial score (nSPS) is 12.9. The second kappa shape index (κ2) is 7.66. The standard InChI is InChI=1S/C14H21ClN2O3S/c1-3-10(2)9-21(19,20)7-6-14(18)17-13-5-4-11(16)8-12(13)15/h4-5,8,10H,3,6-7,9,16H2,1-2H3,(H,17,18). The minimum Gasteiger partial charge on any atom is -0.399 e. The fraction of sp³-hybridized carbons (Fsp3) is 0.500. The molecule has 21 heavy (non-hydrogen) atoms. The second-order valence-corrected chi connectivity index (χ2v) is 7.80. The molecule has 3 N–H and O–H groups in total. The molecule has 7 heteroatoms. The maximum atomic E-state index is 11.8. The van der Waals surface area contributed by atoms with Gasteiger partial charge in [-0.15, -0.1) is 0 Å². The van der Waals surface area contributed by atoms with Crippen LogP contribution >= 0.6 is 11.6 Å². The molecule has 1 unspecified atom stereocenters. The molecular weight excluding hydrogens is 312 g/mol. The minimum absolute atomic E-state index is 0.0839. The predicted molar refractivity (Wildman–Crippen MR) is 87.2 cm³/mol. The number of halogens is 1. The molecule has 1 rings (SSSR count). The van der Waals surface area contributed by atoms with Gasteiger partial charge in [0.2, 0.25) is 5.91 Å². The SMILES string of the molecule is CCC(C)CS(=O)(=O)CCC(=O)Nc1ccc(N)cc1Cl. The Hall–Kier alpha value is -1.27. The third-order valence-corrected chi connectivity index (χ3v) is 5.36. The highest BCUT2D eigenvalue weighted by Gasteiger charge is 2.17. The third-order valence-electron chi connectivity index (χ3n) is 3.14. The van der Waals surface area contributed by atoms with Crippen LogP contribution in [0.5, 0.6) is 0 Å². The molecule has 118 valence electrons. The Labute approximate surface area is 130 Å². The number of benzene rings is 1. The molecule has 0 saturated carbocycles. The van der Waals surface area contributed by atoms with Crippen LogP contribution in [0.3, 0.4) is 0 Å². The van der Waals surface area contributed by atoms with Crippen molar-refractivity contribution in [2.24, 2.45) is 5.92 Å². The van der Waals surface area contributed by atoms with Gasteiger partial charge in [0.05, 0.1) is 22.2 Å². The summed E-state index contributed by atoms with van der Waals surface area (Å²) in [6, 6.07) is 4.72. The van der Waals surface area contributed by atoms with E-state index in [1.54, 1.807) is 12.1 Å². The summed E-state index contributed by atoms with van der Waals surface area (Å²) in [6.07, 6.45) is 0.714. The zero-order chi connectivity index (χ0) is 16.0. The molecule has 1 amide bonds. The van der Waals surface area contributed by atoms with Gasteiger partial charge in [0.1, 0.15) is 0 Å². The Morgan fingerprint density at radius 3 is 2.67 bits per heavy atom. The Bertz CT molecular complexity index is 602. The smallest absolute Gasteiger partial charge is 0.225 e. The molecule has 0 spiro atoms. The average molecular weight is 333 g/mol. The summed E-state index contributed by atoms with van der Waals surface area (Å²) in [5.41, 5.74) is 6.48. The molecule has 1 atom stereocenters. The lowest BCUT2D eigenvalue weighted by atomic mass is 10.2. The monoisotopic (exact) mass is 332 g/mol. The number of rotatable bonds is 7. The van der Waals surface area contributed by atoms with Crippen molar-refractivity contribution < 1.29 is 13.2 Å². The lowest BCUT2D eigenvalue weighted by molar-refractivity contribution is -0.115. The van der Waals surface area contributed by atoms with E-state index < -0.39 is 9.84 Å². The van der Waals surface area contributed by atoms with E-state index >= 15 is 0 Å². The van der Waals surface area contributed by atoms with Gasteiger partial charge in [0, 0.05) is 12.1 Å². The number of carbonyl (C=O) groups is 1. The van der Waals surface area contributed by atoms with E-state index in [9.17, 15) is 13.2 Å². The van der Waals surface area contributed by atoms with Crippen molar-refractivity contribution in [3.8, 4) is 0 Å². The van der Waals surface area contributed by atoms with Crippen molar-refractivity contribution in [3.05, 3.63) is 23.2 Å². The Morgan fingerprint density at radius 1 is 1.43 bits per heavy atom. The molecule has 1 aromatic rings. The molecular formula is C14H21ClN2O3S. The van der Waals surface area contributed by atoms with Crippen molar-refractivity contribution >= 4 is 38.7 Å². The molecule has 1 aromatic carbocycles. The maximum Gasteiger partial charge on any atom is 0.225 e. The molecule has 5 nitrogen and oxygen atoms in total.